The number of piperidine rings is 1. The van der Waals surface area contributed by atoms with E-state index in [1.165, 1.54) is 38.0 Å². The van der Waals surface area contributed by atoms with Crippen LogP contribution >= 0.6 is 0 Å². The van der Waals surface area contributed by atoms with Gasteiger partial charge in [0.25, 0.3) is 0 Å². The van der Waals surface area contributed by atoms with Gasteiger partial charge in [-0.1, -0.05) is 51.1 Å². The summed E-state index contributed by atoms with van der Waals surface area (Å²) in [5.41, 5.74) is 1.46. The molecule has 1 heterocycles. The molecular formula is C18H30N2. The average molecular weight is 274 g/mol. The summed E-state index contributed by atoms with van der Waals surface area (Å²) in [5.74, 6) is 1.39. The number of benzene rings is 1. The summed E-state index contributed by atoms with van der Waals surface area (Å²) in [7, 11) is 0. The smallest absolute Gasteiger partial charge is 0.0117 e. The van der Waals surface area contributed by atoms with Crippen molar-refractivity contribution in [2.45, 2.75) is 45.6 Å². The first-order valence-corrected chi connectivity index (χ1v) is 8.21. The minimum atomic E-state index is 0.628. The fourth-order valence-corrected chi connectivity index (χ4v) is 3.31. The molecule has 112 valence electrons. The molecule has 20 heavy (non-hydrogen) atoms. The van der Waals surface area contributed by atoms with Crippen molar-refractivity contribution in [3.8, 4) is 0 Å². The van der Waals surface area contributed by atoms with E-state index in [-0.39, 0.29) is 0 Å². The van der Waals surface area contributed by atoms with Crippen LogP contribution in [-0.4, -0.2) is 37.1 Å². The van der Waals surface area contributed by atoms with Gasteiger partial charge in [-0.05, 0) is 43.3 Å². The molecule has 0 bridgehead atoms. The van der Waals surface area contributed by atoms with Crippen LogP contribution in [0.15, 0.2) is 30.3 Å². The monoisotopic (exact) mass is 274 g/mol. The van der Waals surface area contributed by atoms with Crippen LogP contribution in [0.2, 0.25) is 0 Å². The van der Waals surface area contributed by atoms with Gasteiger partial charge >= 0.3 is 0 Å². The van der Waals surface area contributed by atoms with Crippen LogP contribution in [-0.2, 0) is 0 Å². The third kappa shape index (κ3) is 4.32. The van der Waals surface area contributed by atoms with E-state index in [4.69, 9.17) is 0 Å². The molecule has 2 rings (SSSR count). The molecule has 1 N–H and O–H groups in total. The van der Waals surface area contributed by atoms with Gasteiger partial charge in [-0.25, -0.2) is 0 Å². The van der Waals surface area contributed by atoms with E-state index in [2.05, 4.69) is 61.3 Å². The van der Waals surface area contributed by atoms with Crippen molar-refractivity contribution in [2.75, 3.05) is 26.2 Å². The summed E-state index contributed by atoms with van der Waals surface area (Å²) in [6, 6.07) is 11.6. The lowest BCUT2D eigenvalue weighted by Crippen LogP contribution is -2.49. The predicted molar refractivity (Wildman–Crippen MR) is 87.2 cm³/mol. The zero-order valence-electron chi connectivity index (χ0n) is 13.3. The maximum Gasteiger partial charge on any atom is 0.0117 e. The molecule has 0 aliphatic carbocycles. The van der Waals surface area contributed by atoms with E-state index >= 15 is 0 Å². The highest BCUT2D eigenvalue weighted by Gasteiger charge is 2.26. The van der Waals surface area contributed by atoms with Crippen LogP contribution in [0.1, 0.15) is 45.1 Å². The molecule has 0 spiro atoms. The lowest BCUT2D eigenvalue weighted by Gasteiger charge is -2.38. The Morgan fingerprint density at radius 1 is 1.30 bits per heavy atom. The van der Waals surface area contributed by atoms with Crippen LogP contribution in [0.4, 0.5) is 0 Å². The van der Waals surface area contributed by atoms with Crippen molar-refractivity contribution >= 4 is 0 Å². The minimum absolute atomic E-state index is 0.628. The summed E-state index contributed by atoms with van der Waals surface area (Å²) in [6.07, 6.45) is 2.53. The molecule has 1 aromatic carbocycles. The summed E-state index contributed by atoms with van der Waals surface area (Å²) in [4.78, 5) is 2.65. The molecule has 1 fully saturated rings. The molecule has 1 aliphatic heterocycles. The Balaban J connectivity index is 1.81. The van der Waals surface area contributed by atoms with E-state index in [1.807, 2.05) is 0 Å². The average Bonchev–Trinajstić information content (AvgIpc) is 2.47. The van der Waals surface area contributed by atoms with Gasteiger partial charge < -0.3 is 10.2 Å². The molecule has 3 atom stereocenters. The molecule has 2 nitrogen and oxygen atoms in total. The van der Waals surface area contributed by atoms with E-state index < -0.39 is 0 Å². The first-order chi connectivity index (χ1) is 9.70. The Kier molecular flexibility index (Phi) is 6.06. The van der Waals surface area contributed by atoms with Crippen molar-refractivity contribution in [1.29, 1.82) is 0 Å². The fraction of sp³-hybridized carbons (Fsp3) is 0.667. The largest absolute Gasteiger partial charge is 0.314 e. The van der Waals surface area contributed by atoms with Gasteiger partial charge in [0, 0.05) is 19.1 Å². The fourth-order valence-electron chi connectivity index (χ4n) is 3.31. The number of hydrogen-bond donors (Lipinski definition) is 1. The molecule has 1 aromatic rings. The van der Waals surface area contributed by atoms with E-state index in [1.54, 1.807) is 0 Å². The van der Waals surface area contributed by atoms with Gasteiger partial charge in [0.05, 0.1) is 0 Å². The molecule has 0 radical (unpaired) electrons. The molecule has 0 aromatic heterocycles. The van der Waals surface area contributed by atoms with Crippen molar-refractivity contribution in [2.24, 2.45) is 5.92 Å². The Bertz CT molecular complexity index is 376. The van der Waals surface area contributed by atoms with Crippen molar-refractivity contribution < 1.29 is 0 Å². The maximum atomic E-state index is 3.70. The molecular weight excluding hydrogens is 244 g/mol. The third-order valence-electron chi connectivity index (χ3n) is 4.55. The summed E-state index contributed by atoms with van der Waals surface area (Å²) in [6.45, 7) is 11.8. The molecule has 2 heteroatoms. The minimum Gasteiger partial charge on any atom is -0.314 e. The van der Waals surface area contributed by atoms with Gasteiger partial charge in [-0.2, -0.15) is 0 Å². The molecule has 0 amide bonds. The summed E-state index contributed by atoms with van der Waals surface area (Å²) >= 11 is 0. The Labute approximate surface area is 124 Å². The zero-order valence-corrected chi connectivity index (χ0v) is 13.3. The van der Waals surface area contributed by atoms with E-state index in [9.17, 15) is 0 Å². The first-order valence-electron chi connectivity index (χ1n) is 8.21. The summed E-state index contributed by atoms with van der Waals surface area (Å²) in [5, 5.41) is 3.70. The topological polar surface area (TPSA) is 15.3 Å². The first kappa shape index (κ1) is 15.5. The molecule has 1 aliphatic rings. The number of rotatable bonds is 6. The van der Waals surface area contributed by atoms with Crippen molar-refractivity contribution in [1.82, 2.24) is 10.2 Å². The van der Waals surface area contributed by atoms with Gasteiger partial charge in [0.1, 0.15) is 0 Å². The Hall–Kier alpha value is -0.860. The zero-order chi connectivity index (χ0) is 14.4. The lowest BCUT2D eigenvalue weighted by molar-refractivity contribution is 0.142. The second-order valence-electron chi connectivity index (χ2n) is 6.40. The lowest BCUT2D eigenvalue weighted by atomic mass is 9.92. The predicted octanol–water partition coefficient (Wildman–Crippen LogP) is 3.50. The maximum absolute atomic E-state index is 3.70. The molecule has 0 saturated carbocycles. The SMILES string of the molecule is CCCNC1CCN(CC(C)c2ccccc2)CC1C. The van der Waals surface area contributed by atoms with Crippen LogP contribution in [0.25, 0.3) is 0 Å². The number of likely N-dealkylation sites (tertiary alicyclic amines) is 1. The van der Waals surface area contributed by atoms with Crippen molar-refractivity contribution in [3.05, 3.63) is 35.9 Å². The highest BCUT2D eigenvalue weighted by Crippen LogP contribution is 2.21. The van der Waals surface area contributed by atoms with Gasteiger partial charge in [0.15, 0.2) is 0 Å². The van der Waals surface area contributed by atoms with Gasteiger partial charge in [0.2, 0.25) is 0 Å². The quantitative estimate of drug-likeness (QED) is 0.854. The molecule has 1 saturated heterocycles. The standard InChI is InChI=1S/C18H30N2/c1-4-11-19-18-10-12-20(14-16(18)3)13-15(2)17-8-6-5-7-9-17/h5-9,15-16,18-19H,4,10-14H2,1-3H3. The second-order valence-corrected chi connectivity index (χ2v) is 6.40. The highest BCUT2D eigenvalue weighted by atomic mass is 15.1. The van der Waals surface area contributed by atoms with Crippen LogP contribution < -0.4 is 5.32 Å². The molecule has 3 unspecified atom stereocenters. The number of nitrogens with one attached hydrogen (secondary N) is 1. The van der Waals surface area contributed by atoms with Crippen LogP contribution in [0, 0.1) is 5.92 Å². The second kappa shape index (κ2) is 7.80. The van der Waals surface area contributed by atoms with E-state index in [0.717, 1.165) is 18.5 Å². The Morgan fingerprint density at radius 3 is 2.70 bits per heavy atom. The van der Waals surface area contributed by atoms with Crippen molar-refractivity contribution in [3.63, 3.8) is 0 Å². The van der Waals surface area contributed by atoms with Gasteiger partial charge in [-0.15, -0.1) is 0 Å². The number of hydrogen-bond acceptors (Lipinski definition) is 2. The highest BCUT2D eigenvalue weighted by molar-refractivity contribution is 5.19. The van der Waals surface area contributed by atoms with Crippen LogP contribution in [0.5, 0.6) is 0 Å². The van der Waals surface area contributed by atoms with Crippen LogP contribution in [0.3, 0.4) is 0 Å². The Morgan fingerprint density at radius 2 is 2.05 bits per heavy atom. The summed E-state index contributed by atoms with van der Waals surface area (Å²) < 4.78 is 0. The number of nitrogens with zero attached hydrogens (tertiary/aromatic N) is 1. The van der Waals surface area contributed by atoms with Gasteiger partial charge in [-0.3, -0.25) is 0 Å². The third-order valence-corrected chi connectivity index (χ3v) is 4.55. The van der Waals surface area contributed by atoms with E-state index in [0.29, 0.717) is 5.92 Å². The normalized spacial score (nSPS) is 25.6.